The van der Waals surface area contributed by atoms with E-state index in [1.165, 1.54) is 49.4 Å². The van der Waals surface area contributed by atoms with Crippen molar-refractivity contribution in [1.29, 1.82) is 0 Å². The van der Waals surface area contributed by atoms with Crippen molar-refractivity contribution in [2.75, 3.05) is 27.1 Å². The number of ether oxygens (including phenoxy) is 3. The van der Waals surface area contributed by atoms with Crippen LogP contribution in [-0.2, 0) is 9.59 Å². The normalized spacial score (nSPS) is 17.8. The van der Waals surface area contributed by atoms with Gasteiger partial charge in [-0.15, -0.1) is 22.9 Å². The third-order valence-electron chi connectivity index (χ3n) is 4.90. The Morgan fingerprint density at radius 3 is 2.50 bits per heavy atom. The molecule has 2 aromatic carbocycles. The molecule has 11 heteroatoms. The Morgan fingerprint density at radius 1 is 1.19 bits per heavy atom. The van der Waals surface area contributed by atoms with Crippen molar-refractivity contribution in [1.82, 2.24) is 15.4 Å². The molecule has 1 fully saturated rings. The molecule has 168 valence electrons. The zero-order valence-electron chi connectivity index (χ0n) is 17.5. The average molecular weight is 494 g/mol. The van der Waals surface area contributed by atoms with Crippen LogP contribution in [0.3, 0.4) is 0 Å². The van der Waals surface area contributed by atoms with Crippen LogP contribution in [0.25, 0.3) is 10.2 Å². The fourth-order valence-electron chi connectivity index (χ4n) is 3.38. The van der Waals surface area contributed by atoms with Gasteiger partial charge in [0.1, 0.15) is 11.4 Å². The van der Waals surface area contributed by atoms with E-state index >= 15 is 0 Å². The lowest BCUT2D eigenvalue weighted by Gasteiger charge is -2.44. The molecule has 4 rings (SSSR count). The maximum Gasteiger partial charge on any atom is 0.262 e. The molecule has 2 atom stereocenters. The summed E-state index contributed by atoms with van der Waals surface area (Å²) in [6.07, 6.45) is 0. The van der Waals surface area contributed by atoms with E-state index in [0.717, 1.165) is 14.6 Å². The number of carbonyl (C=O) groups excluding carboxylic acids is 2. The van der Waals surface area contributed by atoms with Gasteiger partial charge in [0.15, 0.2) is 15.8 Å². The molecule has 8 nitrogen and oxygen atoms in total. The molecule has 0 bridgehead atoms. The molecule has 2 heterocycles. The van der Waals surface area contributed by atoms with E-state index in [1.807, 2.05) is 24.3 Å². The topological polar surface area (TPSA) is 90.0 Å². The monoisotopic (exact) mass is 493 g/mol. The standard InChI is InChI=1S/C21H20ClN3O5S2/c1-28-13-8-11(9-14(29-2)19(13)30-3)18-17(22)20(27)25(18)24-16(26)10-31-21-23-12-6-4-5-7-15(12)32-21/h4-9,17-18H,10H2,1-3H3,(H,24,26). The van der Waals surface area contributed by atoms with Gasteiger partial charge in [-0.25, -0.2) is 9.99 Å². The summed E-state index contributed by atoms with van der Waals surface area (Å²) in [6, 6.07) is 10.6. The van der Waals surface area contributed by atoms with Crippen LogP contribution in [0, 0.1) is 0 Å². The van der Waals surface area contributed by atoms with E-state index in [-0.39, 0.29) is 17.6 Å². The Bertz CT molecular complexity index is 1110. The van der Waals surface area contributed by atoms with Gasteiger partial charge in [0.2, 0.25) is 11.7 Å². The molecule has 1 aliphatic heterocycles. The molecule has 1 N–H and O–H groups in total. The molecule has 32 heavy (non-hydrogen) atoms. The number of β-lactam (4-membered cyclic amide) rings is 1. The van der Waals surface area contributed by atoms with Gasteiger partial charge < -0.3 is 14.2 Å². The number of thioether (sulfide) groups is 1. The van der Waals surface area contributed by atoms with E-state index in [9.17, 15) is 9.59 Å². The Hall–Kier alpha value is -2.69. The zero-order chi connectivity index (χ0) is 22.8. The largest absolute Gasteiger partial charge is 0.493 e. The van der Waals surface area contributed by atoms with Crippen molar-refractivity contribution in [3.05, 3.63) is 42.0 Å². The Labute approximate surface area is 197 Å². The van der Waals surface area contributed by atoms with E-state index in [4.69, 9.17) is 25.8 Å². The Morgan fingerprint density at radius 2 is 1.88 bits per heavy atom. The van der Waals surface area contributed by atoms with Crippen molar-refractivity contribution >= 4 is 56.7 Å². The van der Waals surface area contributed by atoms with E-state index in [2.05, 4.69) is 10.4 Å². The van der Waals surface area contributed by atoms with Crippen LogP contribution in [-0.4, -0.2) is 54.3 Å². The van der Waals surface area contributed by atoms with Crippen LogP contribution >= 0.6 is 34.7 Å². The summed E-state index contributed by atoms with van der Waals surface area (Å²) >= 11 is 9.13. The molecule has 1 aromatic heterocycles. The number of fused-ring (bicyclic) bond motifs is 1. The predicted octanol–water partition coefficient (Wildman–Crippen LogP) is 3.64. The van der Waals surface area contributed by atoms with Gasteiger partial charge >= 0.3 is 0 Å². The minimum absolute atomic E-state index is 0.110. The molecule has 0 radical (unpaired) electrons. The molecular weight excluding hydrogens is 474 g/mol. The number of para-hydroxylation sites is 1. The summed E-state index contributed by atoms with van der Waals surface area (Å²) in [5.41, 5.74) is 4.20. The number of hydrogen-bond donors (Lipinski definition) is 1. The number of alkyl halides is 1. The van der Waals surface area contributed by atoms with Crippen LogP contribution in [0.4, 0.5) is 0 Å². The summed E-state index contributed by atoms with van der Waals surface area (Å²) < 4.78 is 17.9. The second kappa shape index (κ2) is 9.43. The second-order valence-electron chi connectivity index (χ2n) is 6.78. The van der Waals surface area contributed by atoms with Crippen molar-refractivity contribution in [3.63, 3.8) is 0 Å². The van der Waals surface area contributed by atoms with Crippen LogP contribution < -0.4 is 19.6 Å². The molecule has 1 aliphatic rings. The number of nitrogens with one attached hydrogen (secondary N) is 1. The highest BCUT2D eigenvalue weighted by atomic mass is 35.5. The van der Waals surface area contributed by atoms with Crippen molar-refractivity contribution in [3.8, 4) is 17.2 Å². The predicted molar refractivity (Wildman–Crippen MR) is 124 cm³/mol. The number of amides is 2. The lowest BCUT2D eigenvalue weighted by molar-refractivity contribution is -0.155. The summed E-state index contributed by atoms with van der Waals surface area (Å²) in [5, 5.41) is 0.412. The minimum Gasteiger partial charge on any atom is -0.493 e. The molecule has 2 unspecified atom stereocenters. The highest BCUT2D eigenvalue weighted by molar-refractivity contribution is 8.01. The summed E-state index contributed by atoms with van der Waals surface area (Å²) in [5.74, 6) is 0.689. The summed E-state index contributed by atoms with van der Waals surface area (Å²) in [4.78, 5) is 29.4. The maximum atomic E-state index is 12.5. The first-order chi connectivity index (χ1) is 15.5. The van der Waals surface area contributed by atoms with Gasteiger partial charge in [-0.2, -0.15) is 0 Å². The van der Waals surface area contributed by atoms with Gasteiger partial charge in [0.05, 0.1) is 37.3 Å². The first-order valence-electron chi connectivity index (χ1n) is 9.51. The van der Waals surface area contributed by atoms with Crippen LogP contribution in [0.5, 0.6) is 17.2 Å². The summed E-state index contributed by atoms with van der Waals surface area (Å²) in [6.45, 7) is 0. The molecule has 0 spiro atoms. The van der Waals surface area contributed by atoms with Gasteiger partial charge in [-0.05, 0) is 29.8 Å². The fraction of sp³-hybridized carbons (Fsp3) is 0.286. The molecule has 3 aromatic rings. The van der Waals surface area contributed by atoms with Gasteiger partial charge in [-0.3, -0.25) is 15.0 Å². The number of hydrazine groups is 1. The number of halogens is 1. The molecular formula is C21H20ClN3O5S2. The molecule has 1 saturated heterocycles. The maximum absolute atomic E-state index is 12.5. The van der Waals surface area contributed by atoms with Crippen molar-refractivity contribution in [2.24, 2.45) is 0 Å². The molecule has 0 saturated carbocycles. The highest BCUT2D eigenvalue weighted by Gasteiger charge is 2.48. The number of methoxy groups -OCH3 is 3. The van der Waals surface area contributed by atoms with E-state index in [1.54, 1.807) is 12.1 Å². The van der Waals surface area contributed by atoms with Crippen LogP contribution in [0.1, 0.15) is 11.6 Å². The first-order valence-corrected chi connectivity index (χ1v) is 11.8. The fourth-order valence-corrected chi connectivity index (χ4v) is 5.60. The second-order valence-corrected chi connectivity index (χ2v) is 9.51. The number of hydrogen-bond acceptors (Lipinski definition) is 8. The number of benzene rings is 2. The quantitative estimate of drug-likeness (QED) is 0.291. The Kier molecular flexibility index (Phi) is 6.63. The van der Waals surface area contributed by atoms with Gasteiger partial charge in [-0.1, -0.05) is 23.9 Å². The molecule has 2 amide bonds. The van der Waals surface area contributed by atoms with Crippen LogP contribution in [0.2, 0.25) is 0 Å². The lowest BCUT2D eigenvalue weighted by atomic mass is 9.94. The van der Waals surface area contributed by atoms with E-state index < -0.39 is 11.4 Å². The number of aromatic nitrogens is 1. The van der Waals surface area contributed by atoms with E-state index in [0.29, 0.717) is 22.8 Å². The van der Waals surface area contributed by atoms with Crippen molar-refractivity contribution in [2.45, 2.75) is 15.8 Å². The number of nitrogens with zero attached hydrogens (tertiary/aromatic N) is 2. The summed E-state index contributed by atoms with van der Waals surface area (Å²) in [7, 11) is 4.51. The first kappa shape index (κ1) is 22.5. The number of carbonyl (C=O) groups is 2. The SMILES string of the molecule is COc1cc(C2C(Cl)C(=O)N2NC(=O)CSc2nc3ccccc3s2)cc(OC)c1OC. The number of thiazole rings is 1. The lowest BCUT2D eigenvalue weighted by Crippen LogP contribution is -2.63. The minimum atomic E-state index is -0.824. The third kappa shape index (κ3) is 4.17. The third-order valence-corrected chi connectivity index (χ3v) is 7.51. The zero-order valence-corrected chi connectivity index (χ0v) is 19.8. The average Bonchev–Trinajstić information content (AvgIpc) is 3.24. The van der Waals surface area contributed by atoms with Gasteiger partial charge in [0.25, 0.3) is 5.91 Å². The highest BCUT2D eigenvalue weighted by Crippen LogP contribution is 2.45. The smallest absolute Gasteiger partial charge is 0.262 e. The van der Waals surface area contributed by atoms with Crippen LogP contribution in [0.15, 0.2) is 40.7 Å². The van der Waals surface area contributed by atoms with Gasteiger partial charge in [0, 0.05) is 0 Å². The number of rotatable bonds is 8. The molecule has 0 aliphatic carbocycles. The Balaban J connectivity index is 1.47. The van der Waals surface area contributed by atoms with Crippen molar-refractivity contribution < 1.29 is 23.8 Å².